The van der Waals surface area contributed by atoms with Crippen LogP contribution in [0.4, 0.5) is 0 Å². The number of carbonyl (C=O) groups is 1. The molecule has 2 aliphatic heterocycles. The summed E-state index contributed by atoms with van der Waals surface area (Å²) in [5.74, 6) is -0.128. The fraction of sp³-hybridized carbons (Fsp3) is 0.909. The number of rotatable bonds is 1. The van der Waals surface area contributed by atoms with Gasteiger partial charge < -0.3 is 25.0 Å². The summed E-state index contributed by atoms with van der Waals surface area (Å²) in [7, 11) is 0. The lowest BCUT2D eigenvalue weighted by Gasteiger charge is -2.49. The van der Waals surface area contributed by atoms with Crippen LogP contribution in [-0.2, 0) is 9.53 Å². The smallest absolute Gasteiger partial charge is 0.219 e. The van der Waals surface area contributed by atoms with Gasteiger partial charge in [0.1, 0.15) is 18.3 Å². The van der Waals surface area contributed by atoms with Gasteiger partial charge in [-0.15, -0.1) is 0 Å². The molecule has 3 N–H and O–H groups in total. The lowest BCUT2D eigenvalue weighted by molar-refractivity contribution is -0.223. The Morgan fingerprint density at radius 3 is 2.71 bits per heavy atom. The van der Waals surface area contributed by atoms with Crippen LogP contribution in [0.5, 0.6) is 0 Å². The van der Waals surface area contributed by atoms with Crippen molar-refractivity contribution in [1.29, 1.82) is 0 Å². The Labute approximate surface area is 99.8 Å². The quantitative estimate of drug-likeness (QED) is 0.522. The first-order valence-corrected chi connectivity index (χ1v) is 5.96. The van der Waals surface area contributed by atoms with E-state index in [2.05, 4.69) is 0 Å². The minimum Gasteiger partial charge on any atom is -0.394 e. The Hall–Kier alpha value is -0.690. The Morgan fingerprint density at radius 2 is 2.12 bits per heavy atom. The van der Waals surface area contributed by atoms with Crippen LogP contribution in [0.15, 0.2) is 0 Å². The maximum absolute atomic E-state index is 11.5. The van der Waals surface area contributed by atoms with Crippen LogP contribution >= 0.6 is 0 Å². The van der Waals surface area contributed by atoms with E-state index in [1.54, 1.807) is 4.90 Å². The lowest BCUT2D eigenvalue weighted by atomic mass is 9.86. The van der Waals surface area contributed by atoms with Crippen LogP contribution in [0.3, 0.4) is 0 Å². The second-order valence-electron chi connectivity index (χ2n) is 4.72. The molecule has 0 radical (unpaired) electrons. The van der Waals surface area contributed by atoms with Crippen molar-refractivity contribution in [3.05, 3.63) is 0 Å². The van der Waals surface area contributed by atoms with Gasteiger partial charge in [-0.2, -0.15) is 0 Å². The van der Waals surface area contributed by atoms with E-state index in [0.717, 1.165) is 12.8 Å². The third-order valence-electron chi connectivity index (χ3n) is 3.64. The van der Waals surface area contributed by atoms with Crippen molar-refractivity contribution in [2.45, 2.75) is 50.2 Å². The minimum atomic E-state index is -1.15. The molecule has 2 fully saturated rings. The number of aliphatic hydroxyl groups is 3. The van der Waals surface area contributed by atoms with E-state index in [0.29, 0.717) is 6.54 Å². The van der Waals surface area contributed by atoms with Crippen LogP contribution in [0, 0.1) is 0 Å². The van der Waals surface area contributed by atoms with Gasteiger partial charge in [-0.1, -0.05) is 0 Å². The number of fused-ring (bicyclic) bond motifs is 1. The number of carbonyl (C=O) groups excluding carboxylic acids is 1. The van der Waals surface area contributed by atoms with Crippen molar-refractivity contribution < 1.29 is 24.9 Å². The number of likely N-dealkylation sites (tertiary alicyclic amines) is 1. The zero-order chi connectivity index (χ0) is 12.6. The molecule has 17 heavy (non-hydrogen) atoms. The molecule has 1 amide bonds. The average Bonchev–Trinajstić information content (AvgIpc) is 2.32. The molecular formula is C11H19NO5. The SMILES string of the molecule is CC(=O)N1CCC[C@@H]2O[C@H](CO)[C@H](O)[C@H](O)[C@H]21. The van der Waals surface area contributed by atoms with Crippen LogP contribution < -0.4 is 0 Å². The molecule has 0 aromatic carbocycles. The first kappa shape index (κ1) is 12.8. The Kier molecular flexibility index (Phi) is 3.67. The predicted molar refractivity (Wildman–Crippen MR) is 58.2 cm³/mol. The summed E-state index contributed by atoms with van der Waals surface area (Å²) in [5.41, 5.74) is 0. The second-order valence-corrected chi connectivity index (χ2v) is 4.72. The number of ether oxygens (including phenoxy) is 1. The van der Waals surface area contributed by atoms with Crippen molar-refractivity contribution >= 4 is 5.91 Å². The number of hydrogen-bond donors (Lipinski definition) is 3. The summed E-state index contributed by atoms with van der Waals surface area (Å²) in [4.78, 5) is 13.0. The van der Waals surface area contributed by atoms with E-state index >= 15 is 0 Å². The van der Waals surface area contributed by atoms with Gasteiger partial charge in [0.2, 0.25) is 5.91 Å². The molecule has 0 aromatic rings. The monoisotopic (exact) mass is 245 g/mol. The molecule has 0 unspecified atom stereocenters. The summed E-state index contributed by atoms with van der Waals surface area (Å²) >= 11 is 0. The van der Waals surface area contributed by atoms with Gasteiger partial charge in [0, 0.05) is 13.5 Å². The largest absolute Gasteiger partial charge is 0.394 e. The zero-order valence-corrected chi connectivity index (χ0v) is 9.82. The molecule has 0 saturated carbocycles. The van der Waals surface area contributed by atoms with Crippen molar-refractivity contribution in [3.8, 4) is 0 Å². The fourth-order valence-electron chi connectivity index (χ4n) is 2.78. The molecular weight excluding hydrogens is 226 g/mol. The van der Waals surface area contributed by atoms with E-state index in [-0.39, 0.29) is 18.6 Å². The van der Waals surface area contributed by atoms with Crippen molar-refractivity contribution in [3.63, 3.8) is 0 Å². The number of piperidine rings is 1. The van der Waals surface area contributed by atoms with Gasteiger partial charge in [0.05, 0.1) is 18.8 Å². The second kappa shape index (κ2) is 4.89. The van der Waals surface area contributed by atoms with Crippen LogP contribution in [0.1, 0.15) is 19.8 Å². The zero-order valence-electron chi connectivity index (χ0n) is 9.82. The third kappa shape index (κ3) is 2.18. The molecule has 2 saturated heterocycles. The fourth-order valence-corrected chi connectivity index (χ4v) is 2.78. The Bertz CT molecular complexity index is 296. The van der Waals surface area contributed by atoms with Gasteiger partial charge in [-0.05, 0) is 12.8 Å². The standard InChI is InChI=1S/C11H19NO5/c1-6(14)12-4-2-3-7-9(12)11(16)10(15)8(5-13)17-7/h7-11,13,15-16H,2-5H2,1H3/t7-,8+,9-,10-,11+/m0/s1. The number of amides is 1. The van der Waals surface area contributed by atoms with Crippen molar-refractivity contribution in [2.75, 3.05) is 13.2 Å². The highest BCUT2D eigenvalue weighted by Crippen LogP contribution is 2.31. The molecule has 6 heteroatoms. The lowest BCUT2D eigenvalue weighted by Crippen LogP contribution is -2.66. The van der Waals surface area contributed by atoms with E-state index < -0.39 is 24.4 Å². The van der Waals surface area contributed by atoms with E-state index in [4.69, 9.17) is 9.84 Å². The summed E-state index contributed by atoms with van der Waals surface area (Å²) in [6, 6.07) is -0.501. The van der Waals surface area contributed by atoms with Gasteiger partial charge in [-0.25, -0.2) is 0 Å². The summed E-state index contributed by atoms with van der Waals surface area (Å²) in [6.07, 6.45) is -1.74. The maximum atomic E-state index is 11.5. The Morgan fingerprint density at radius 1 is 1.41 bits per heavy atom. The molecule has 0 bridgehead atoms. The molecule has 0 aromatic heterocycles. The van der Waals surface area contributed by atoms with E-state index in [1.165, 1.54) is 6.92 Å². The van der Waals surface area contributed by atoms with Gasteiger partial charge >= 0.3 is 0 Å². The molecule has 2 heterocycles. The van der Waals surface area contributed by atoms with E-state index in [9.17, 15) is 15.0 Å². The summed E-state index contributed by atoms with van der Waals surface area (Å²) in [5, 5.41) is 28.9. The first-order chi connectivity index (χ1) is 8.06. The van der Waals surface area contributed by atoms with Crippen LogP contribution in [0.25, 0.3) is 0 Å². The van der Waals surface area contributed by atoms with Gasteiger partial charge in [0.25, 0.3) is 0 Å². The molecule has 6 nitrogen and oxygen atoms in total. The Balaban J connectivity index is 2.19. The molecule has 0 spiro atoms. The maximum Gasteiger partial charge on any atom is 0.219 e. The topological polar surface area (TPSA) is 90.2 Å². The highest BCUT2D eigenvalue weighted by Gasteiger charge is 2.48. The van der Waals surface area contributed by atoms with Gasteiger partial charge in [-0.3, -0.25) is 4.79 Å². The molecule has 0 aliphatic carbocycles. The first-order valence-electron chi connectivity index (χ1n) is 5.96. The summed E-state index contributed by atoms with van der Waals surface area (Å²) < 4.78 is 5.55. The van der Waals surface area contributed by atoms with Crippen LogP contribution in [-0.4, -0.2) is 69.7 Å². The van der Waals surface area contributed by atoms with E-state index in [1.807, 2.05) is 0 Å². The van der Waals surface area contributed by atoms with Gasteiger partial charge in [0.15, 0.2) is 0 Å². The molecule has 2 aliphatic rings. The number of aliphatic hydroxyl groups excluding tert-OH is 3. The number of nitrogens with zero attached hydrogens (tertiary/aromatic N) is 1. The number of hydrogen-bond acceptors (Lipinski definition) is 5. The average molecular weight is 245 g/mol. The molecule has 5 atom stereocenters. The van der Waals surface area contributed by atoms with Crippen molar-refractivity contribution in [1.82, 2.24) is 4.90 Å². The molecule has 2 rings (SSSR count). The van der Waals surface area contributed by atoms with Crippen molar-refractivity contribution in [2.24, 2.45) is 0 Å². The predicted octanol–water partition coefficient (Wildman–Crippen LogP) is -1.52. The van der Waals surface area contributed by atoms with Crippen LogP contribution in [0.2, 0.25) is 0 Å². The highest BCUT2D eigenvalue weighted by molar-refractivity contribution is 5.74. The highest BCUT2D eigenvalue weighted by atomic mass is 16.5. The third-order valence-corrected chi connectivity index (χ3v) is 3.64. The summed E-state index contributed by atoms with van der Waals surface area (Å²) in [6.45, 7) is 1.69. The normalized spacial score (nSPS) is 42.1. The minimum absolute atomic E-state index is 0.128. The molecule has 98 valence electrons.